The number of halogens is 6. The fraction of sp³-hybridized carbons (Fsp3) is 0.0556. The third kappa shape index (κ3) is 10.6. The number of ether oxygens (including phenoxy) is 2. The lowest BCUT2D eigenvalue weighted by Crippen LogP contribution is -2.17. The molecule has 1 amide bonds. The molecule has 21 heteroatoms. The van der Waals surface area contributed by atoms with E-state index in [-0.39, 0.29) is 34.7 Å². The lowest BCUT2D eigenvalue weighted by atomic mass is 10.2. The number of hydrogen-bond acceptors (Lipinski definition) is 13. The standard InChI is InChI=1S/C18H10F3N3O3S.C14H9F3N2O2.C4H3NO2S/c19-18(20,21)27-11-4-1-3-10(7-11)17-24-15-12(5-2-6-14(15)26-17)23-16(25)13-8-28-9-22-13;15-14(16,17)21-9-4-1-3-8(7-9)13-19-12-10(18)5-2-6-11(12)20-13;6-4(7)3-1-8-2-5-3/h1-9H,(H,23,25);1-7H,18H2;1-2H,(H,6,7). The molecule has 8 aromatic rings. The number of aromatic carboxylic acids is 1. The molecule has 4 aromatic carbocycles. The van der Waals surface area contributed by atoms with Gasteiger partial charge in [-0.05, 0) is 60.7 Å². The van der Waals surface area contributed by atoms with Crippen LogP contribution in [0.1, 0.15) is 21.0 Å². The third-order valence-electron chi connectivity index (χ3n) is 7.06. The highest BCUT2D eigenvalue weighted by Gasteiger charge is 2.32. The number of fused-ring (bicyclic) bond motifs is 2. The van der Waals surface area contributed by atoms with Crippen molar-refractivity contribution in [3.05, 3.63) is 118 Å². The summed E-state index contributed by atoms with van der Waals surface area (Å²) in [6.07, 6.45) is -9.54. The Morgan fingerprint density at radius 1 is 0.684 bits per heavy atom. The lowest BCUT2D eigenvalue weighted by molar-refractivity contribution is -0.275. The van der Waals surface area contributed by atoms with Crippen LogP contribution in [0.25, 0.3) is 45.1 Å². The SMILES string of the molecule is Nc1cccc2oc(-c3cccc(OC(F)(F)F)c3)nc12.O=C(Nc1cccc2oc(-c3cccc(OC(F)(F)F)c3)nc12)c1cscn1.O=C(O)c1cscn1. The summed E-state index contributed by atoms with van der Waals surface area (Å²) in [5, 5.41) is 14.0. The normalized spacial score (nSPS) is 11.3. The molecule has 4 heterocycles. The number of nitrogens with two attached hydrogens (primary N) is 1. The second-order valence-electron chi connectivity index (χ2n) is 11.0. The number of alkyl halides is 6. The van der Waals surface area contributed by atoms with Gasteiger partial charge in [0, 0.05) is 21.9 Å². The minimum absolute atomic E-state index is 0.0954. The topological polar surface area (TPSA) is 189 Å². The van der Waals surface area contributed by atoms with Crippen molar-refractivity contribution in [2.45, 2.75) is 12.7 Å². The van der Waals surface area contributed by atoms with Crippen LogP contribution in [0.5, 0.6) is 11.5 Å². The molecular formula is C36H22F6N6O7S2. The minimum atomic E-state index is -4.80. The van der Waals surface area contributed by atoms with Crippen LogP contribution in [0.3, 0.4) is 0 Å². The molecule has 0 aliphatic heterocycles. The molecular weight excluding hydrogens is 807 g/mol. The zero-order chi connectivity index (χ0) is 40.7. The summed E-state index contributed by atoms with van der Waals surface area (Å²) in [6, 6.07) is 20.7. The van der Waals surface area contributed by atoms with Crippen molar-refractivity contribution in [3.8, 4) is 34.4 Å². The predicted molar refractivity (Wildman–Crippen MR) is 196 cm³/mol. The van der Waals surface area contributed by atoms with E-state index in [9.17, 15) is 35.9 Å². The van der Waals surface area contributed by atoms with Crippen LogP contribution in [-0.2, 0) is 0 Å². The molecule has 0 fully saturated rings. The third-order valence-corrected chi connectivity index (χ3v) is 8.24. The summed E-state index contributed by atoms with van der Waals surface area (Å²) < 4.78 is 92.9. The average Bonchev–Trinajstić information content (AvgIpc) is 3.98. The number of benzene rings is 4. The van der Waals surface area contributed by atoms with Crippen molar-refractivity contribution in [3.63, 3.8) is 0 Å². The molecule has 4 N–H and O–H groups in total. The Bertz CT molecular complexity index is 2630. The van der Waals surface area contributed by atoms with E-state index in [0.29, 0.717) is 44.7 Å². The summed E-state index contributed by atoms with van der Waals surface area (Å²) in [5.41, 5.74) is 12.3. The molecule has 0 bridgehead atoms. The molecule has 0 saturated carbocycles. The first kappa shape index (κ1) is 39.7. The number of hydrogen-bond donors (Lipinski definition) is 3. The van der Waals surface area contributed by atoms with Crippen LogP contribution in [0.4, 0.5) is 37.7 Å². The number of carboxylic acids is 1. The van der Waals surface area contributed by atoms with Gasteiger partial charge in [0.1, 0.15) is 28.2 Å². The van der Waals surface area contributed by atoms with Gasteiger partial charge in [0.15, 0.2) is 16.9 Å². The fourth-order valence-electron chi connectivity index (χ4n) is 4.75. The van der Waals surface area contributed by atoms with E-state index >= 15 is 0 Å². The van der Waals surface area contributed by atoms with Crippen LogP contribution in [0.2, 0.25) is 0 Å². The van der Waals surface area contributed by atoms with Crippen LogP contribution >= 0.6 is 22.7 Å². The molecule has 0 spiro atoms. The maximum absolute atomic E-state index is 12.4. The number of oxazole rings is 2. The van der Waals surface area contributed by atoms with E-state index in [2.05, 4.69) is 34.7 Å². The van der Waals surface area contributed by atoms with E-state index in [4.69, 9.17) is 19.7 Å². The van der Waals surface area contributed by atoms with Crippen molar-refractivity contribution < 1.29 is 59.3 Å². The number of para-hydroxylation sites is 2. The molecule has 0 saturated heterocycles. The Labute approximate surface area is 323 Å². The second-order valence-corrected chi connectivity index (χ2v) is 12.5. The predicted octanol–water partition coefficient (Wildman–Crippen LogP) is 9.92. The number of nitrogens with zero attached hydrogens (tertiary/aromatic N) is 4. The Morgan fingerprint density at radius 3 is 1.65 bits per heavy atom. The number of rotatable bonds is 7. The number of nitrogen functional groups attached to an aromatic ring is 1. The Hall–Kier alpha value is -7.00. The van der Waals surface area contributed by atoms with Crippen molar-refractivity contribution in [1.29, 1.82) is 0 Å². The Kier molecular flexibility index (Phi) is 11.7. The first-order chi connectivity index (χ1) is 27.1. The number of aromatic nitrogens is 4. The first-order valence-electron chi connectivity index (χ1n) is 15.7. The largest absolute Gasteiger partial charge is 0.573 e. The molecule has 0 aliphatic rings. The van der Waals surface area contributed by atoms with Crippen LogP contribution in [0.15, 0.2) is 116 Å². The lowest BCUT2D eigenvalue weighted by Gasteiger charge is -2.08. The number of carboxylic acid groups (broad SMARTS) is 1. The molecule has 8 rings (SSSR count). The van der Waals surface area contributed by atoms with E-state index in [1.54, 1.807) is 59.4 Å². The average molecular weight is 829 g/mol. The second kappa shape index (κ2) is 16.8. The summed E-state index contributed by atoms with van der Waals surface area (Å²) in [7, 11) is 0. The van der Waals surface area contributed by atoms with Gasteiger partial charge in [0.2, 0.25) is 11.8 Å². The zero-order valence-electron chi connectivity index (χ0n) is 28.2. The van der Waals surface area contributed by atoms with Crippen molar-refractivity contribution >= 4 is 68.1 Å². The highest BCUT2D eigenvalue weighted by atomic mass is 32.1. The van der Waals surface area contributed by atoms with E-state index in [1.807, 2.05) is 0 Å². The van der Waals surface area contributed by atoms with Gasteiger partial charge >= 0.3 is 18.7 Å². The van der Waals surface area contributed by atoms with Gasteiger partial charge in [-0.2, -0.15) is 0 Å². The molecule has 0 radical (unpaired) electrons. The Balaban J connectivity index is 0.000000166. The maximum atomic E-state index is 12.4. The minimum Gasteiger partial charge on any atom is -0.476 e. The van der Waals surface area contributed by atoms with Crippen molar-refractivity contribution in [1.82, 2.24) is 19.9 Å². The van der Waals surface area contributed by atoms with Gasteiger partial charge in [-0.25, -0.2) is 24.7 Å². The van der Waals surface area contributed by atoms with Crippen LogP contribution < -0.4 is 20.5 Å². The number of amides is 1. The fourth-order valence-corrected chi connectivity index (χ4v) is 5.81. The zero-order valence-corrected chi connectivity index (χ0v) is 29.9. The number of nitrogens with one attached hydrogen (secondary N) is 1. The Morgan fingerprint density at radius 2 is 1.18 bits per heavy atom. The van der Waals surface area contributed by atoms with Gasteiger partial charge in [-0.15, -0.1) is 49.0 Å². The van der Waals surface area contributed by atoms with Gasteiger partial charge in [-0.1, -0.05) is 24.3 Å². The van der Waals surface area contributed by atoms with Gasteiger partial charge in [0.25, 0.3) is 5.91 Å². The summed E-state index contributed by atoms with van der Waals surface area (Å²) in [4.78, 5) is 38.2. The van der Waals surface area contributed by atoms with Crippen molar-refractivity contribution in [2.24, 2.45) is 0 Å². The molecule has 57 heavy (non-hydrogen) atoms. The smallest absolute Gasteiger partial charge is 0.476 e. The number of carbonyl (C=O) groups is 2. The highest BCUT2D eigenvalue weighted by Crippen LogP contribution is 2.33. The van der Waals surface area contributed by atoms with Gasteiger partial charge in [0.05, 0.1) is 22.4 Å². The molecule has 13 nitrogen and oxygen atoms in total. The van der Waals surface area contributed by atoms with E-state index < -0.39 is 24.6 Å². The summed E-state index contributed by atoms with van der Waals surface area (Å²) in [6.45, 7) is 0. The van der Waals surface area contributed by atoms with E-state index in [1.165, 1.54) is 70.0 Å². The molecule has 0 aliphatic carbocycles. The first-order valence-corrected chi connectivity index (χ1v) is 17.6. The monoisotopic (exact) mass is 828 g/mol. The number of anilines is 2. The highest BCUT2D eigenvalue weighted by molar-refractivity contribution is 7.08. The quantitative estimate of drug-likeness (QED) is 0.102. The summed E-state index contributed by atoms with van der Waals surface area (Å²) in [5.74, 6) is -1.82. The molecule has 4 aromatic heterocycles. The van der Waals surface area contributed by atoms with Crippen LogP contribution in [-0.4, -0.2) is 49.6 Å². The molecule has 0 unspecified atom stereocenters. The number of carbonyl (C=O) groups excluding carboxylic acids is 1. The van der Waals surface area contributed by atoms with Gasteiger partial charge in [-0.3, -0.25) is 4.79 Å². The van der Waals surface area contributed by atoms with Crippen molar-refractivity contribution in [2.75, 3.05) is 11.1 Å². The van der Waals surface area contributed by atoms with Crippen LogP contribution in [0, 0.1) is 0 Å². The van der Waals surface area contributed by atoms with E-state index in [0.717, 1.165) is 0 Å². The summed E-state index contributed by atoms with van der Waals surface area (Å²) >= 11 is 2.57. The molecule has 0 atom stereocenters. The van der Waals surface area contributed by atoms with Gasteiger partial charge < -0.3 is 34.5 Å². The number of thiazole rings is 2. The maximum Gasteiger partial charge on any atom is 0.573 e. The molecule has 292 valence electrons.